The van der Waals surface area contributed by atoms with Crippen molar-refractivity contribution in [1.29, 1.82) is 0 Å². The molecule has 0 heterocycles. The largest absolute Gasteiger partial charge is 0.464 e. The fraction of sp³-hybridized carbons (Fsp3) is 0.357. The highest BCUT2D eigenvalue weighted by Crippen LogP contribution is 2.19. The molecule has 0 unspecified atom stereocenters. The van der Waals surface area contributed by atoms with Crippen LogP contribution >= 0.6 is 0 Å². The quantitative estimate of drug-likeness (QED) is 0.210. The Kier molecular flexibility index (Phi) is 7.65. The van der Waals surface area contributed by atoms with Crippen LogP contribution in [0.4, 0.5) is 5.69 Å². The van der Waals surface area contributed by atoms with Gasteiger partial charge in [-0.15, -0.1) is 4.40 Å². The summed E-state index contributed by atoms with van der Waals surface area (Å²) in [4.78, 5) is 23.4. The number of carbonyl (C=O) groups excluding carboxylic acids is 2. The van der Waals surface area contributed by atoms with Gasteiger partial charge in [-0.1, -0.05) is 0 Å². The van der Waals surface area contributed by atoms with Gasteiger partial charge in [0.2, 0.25) is 5.96 Å². The number of hydrogen-bond acceptors (Lipinski definition) is 8. The number of hydrogen-bond donors (Lipinski definition) is 2. The Morgan fingerprint density at radius 1 is 1.04 bits per heavy atom. The van der Waals surface area contributed by atoms with E-state index in [4.69, 9.17) is 20.9 Å². The van der Waals surface area contributed by atoms with Gasteiger partial charge in [0.1, 0.15) is 0 Å². The van der Waals surface area contributed by atoms with Gasteiger partial charge < -0.3 is 20.9 Å². The summed E-state index contributed by atoms with van der Waals surface area (Å²) in [6.07, 6.45) is 0. The van der Waals surface area contributed by atoms with Gasteiger partial charge in [-0.3, -0.25) is 0 Å². The van der Waals surface area contributed by atoms with Gasteiger partial charge >= 0.3 is 11.9 Å². The summed E-state index contributed by atoms with van der Waals surface area (Å²) < 4.78 is 36.3. The van der Waals surface area contributed by atoms with Crippen LogP contribution in [0.3, 0.4) is 0 Å². The number of nitrogens with zero attached hydrogens (tertiary/aromatic N) is 3. The smallest absolute Gasteiger partial charge is 0.344 e. The third-order valence-corrected chi connectivity index (χ3v) is 3.99. The van der Waals surface area contributed by atoms with Crippen LogP contribution in [0.15, 0.2) is 43.8 Å². The summed E-state index contributed by atoms with van der Waals surface area (Å²) in [5.41, 5.74) is 10.3. The molecule has 0 bridgehead atoms. The minimum Gasteiger partial charge on any atom is -0.464 e. The van der Waals surface area contributed by atoms with Crippen LogP contribution in [0.1, 0.15) is 13.8 Å². The SMILES string of the molecule is CCOC(=O)C(N=Nc1ccc(S(=O)(=O)N=C(N)N)cc1)C(=O)OCC. The lowest BCUT2D eigenvalue weighted by molar-refractivity contribution is -0.156. The standard InChI is InChI=1S/C14H19N5O6S/c1-3-24-12(20)11(13(21)25-4-2)18-17-9-5-7-10(8-6-9)26(22,23)19-14(15)16/h5-8,11H,3-4H2,1-2H3,(H4,15,16,19). The normalized spacial score (nSPS) is 11.3. The molecule has 4 N–H and O–H groups in total. The number of ether oxygens (including phenoxy) is 2. The average molecular weight is 385 g/mol. The fourth-order valence-corrected chi connectivity index (χ4v) is 2.50. The second kappa shape index (κ2) is 9.46. The molecule has 0 aliphatic heterocycles. The fourth-order valence-electron chi connectivity index (χ4n) is 1.63. The molecule has 0 amide bonds. The Labute approximate surface area is 150 Å². The molecule has 26 heavy (non-hydrogen) atoms. The summed E-state index contributed by atoms with van der Waals surface area (Å²) in [7, 11) is -4.03. The number of carbonyl (C=O) groups is 2. The maximum Gasteiger partial charge on any atom is 0.344 e. The van der Waals surface area contributed by atoms with Gasteiger partial charge in [-0.2, -0.15) is 18.6 Å². The summed E-state index contributed by atoms with van der Waals surface area (Å²) in [6, 6.07) is 3.41. The van der Waals surface area contributed by atoms with Crippen molar-refractivity contribution in [3.8, 4) is 0 Å². The van der Waals surface area contributed by atoms with Crippen molar-refractivity contribution in [3.63, 3.8) is 0 Å². The third-order valence-electron chi connectivity index (χ3n) is 2.67. The van der Waals surface area contributed by atoms with Gasteiger partial charge in [-0.05, 0) is 38.1 Å². The predicted octanol–water partition coefficient (Wildman–Crippen LogP) is 0.227. The topological polar surface area (TPSA) is 176 Å². The number of sulfonamides is 1. The maximum absolute atomic E-state index is 11.8. The van der Waals surface area contributed by atoms with Crippen LogP contribution in [0.25, 0.3) is 0 Å². The summed E-state index contributed by atoms with van der Waals surface area (Å²) >= 11 is 0. The van der Waals surface area contributed by atoms with E-state index in [0.29, 0.717) is 0 Å². The molecule has 0 saturated heterocycles. The molecule has 1 rings (SSSR count). The Hall–Kier alpha value is -3.02. The molecule has 12 heteroatoms. The Morgan fingerprint density at radius 3 is 1.96 bits per heavy atom. The van der Waals surface area contributed by atoms with E-state index in [0.717, 1.165) is 0 Å². The van der Waals surface area contributed by atoms with Crippen molar-refractivity contribution in [2.45, 2.75) is 24.8 Å². The van der Waals surface area contributed by atoms with E-state index in [1.807, 2.05) is 0 Å². The van der Waals surface area contributed by atoms with Gasteiger partial charge in [0.15, 0.2) is 0 Å². The number of benzene rings is 1. The van der Waals surface area contributed by atoms with Gasteiger partial charge in [0, 0.05) is 0 Å². The van der Waals surface area contributed by atoms with Crippen molar-refractivity contribution in [2.75, 3.05) is 13.2 Å². The molecule has 1 aromatic carbocycles. The highest BCUT2D eigenvalue weighted by molar-refractivity contribution is 7.90. The lowest BCUT2D eigenvalue weighted by Crippen LogP contribution is -2.31. The molecule has 0 aliphatic rings. The van der Waals surface area contributed by atoms with E-state index in [1.54, 1.807) is 13.8 Å². The van der Waals surface area contributed by atoms with E-state index >= 15 is 0 Å². The van der Waals surface area contributed by atoms with Crippen LogP contribution in [0, 0.1) is 0 Å². The molecule has 0 radical (unpaired) electrons. The molecule has 0 spiro atoms. The van der Waals surface area contributed by atoms with E-state index < -0.39 is 34.0 Å². The summed E-state index contributed by atoms with van der Waals surface area (Å²) in [6.45, 7) is 3.27. The molecular weight excluding hydrogens is 366 g/mol. The van der Waals surface area contributed by atoms with Crippen molar-refractivity contribution in [2.24, 2.45) is 26.1 Å². The van der Waals surface area contributed by atoms with E-state index in [9.17, 15) is 18.0 Å². The van der Waals surface area contributed by atoms with Crippen molar-refractivity contribution < 1.29 is 27.5 Å². The van der Waals surface area contributed by atoms with Gasteiger partial charge in [-0.25, -0.2) is 9.59 Å². The third kappa shape index (κ3) is 6.12. The minimum atomic E-state index is -4.03. The number of guanidine groups is 1. The second-order valence-electron chi connectivity index (χ2n) is 4.61. The van der Waals surface area contributed by atoms with E-state index in [-0.39, 0.29) is 23.8 Å². The molecule has 0 aliphatic carbocycles. The summed E-state index contributed by atoms with van der Waals surface area (Å²) in [5, 5.41) is 7.37. The first-order chi connectivity index (χ1) is 12.2. The highest BCUT2D eigenvalue weighted by Gasteiger charge is 2.29. The van der Waals surface area contributed by atoms with Crippen LogP contribution in [0.5, 0.6) is 0 Å². The lowest BCUT2D eigenvalue weighted by Gasteiger charge is -2.09. The number of azo groups is 1. The van der Waals surface area contributed by atoms with Crippen LogP contribution in [-0.4, -0.2) is 45.6 Å². The zero-order valence-electron chi connectivity index (χ0n) is 14.2. The first-order valence-corrected chi connectivity index (χ1v) is 8.85. The van der Waals surface area contributed by atoms with Crippen molar-refractivity contribution in [3.05, 3.63) is 24.3 Å². The van der Waals surface area contributed by atoms with Gasteiger partial charge in [0.25, 0.3) is 16.1 Å². The highest BCUT2D eigenvalue weighted by atomic mass is 32.2. The first kappa shape index (κ1) is 21.0. The first-order valence-electron chi connectivity index (χ1n) is 7.41. The molecule has 1 aromatic rings. The number of esters is 2. The molecular formula is C14H19N5O6S. The molecule has 142 valence electrons. The minimum absolute atomic E-state index is 0.0571. The van der Waals surface area contributed by atoms with Crippen LogP contribution in [0.2, 0.25) is 0 Å². The predicted molar refractivity (Wildman–Crippen MR) is 91.0 cm³/mol. The Balaban J connectivity index is 3.02. The van der Waals surface area contributed by atoms with Crippen LogP contribution < -0.4 is 11.5 Å². The van der Waals surface area contributed by atoms with E-state index in [1.165, 1.54) is 24.3 Å². The maximum atomic E-state index is 11.8. The van der Waals surface area contributed by atoms with Crippen LogP contribution in [-0.2, 0) is 29.1 Å². The molecule has 0 saturated carbocycles. The molecule has 0 atom stereocenters. The zero-order chi connectivity index (χ0) is 19.7. The van der Waals surface area contributed by atoms with Crippen molar-refractivity contribution in [1.82, 2.24) is 0 Å². The van der Waals surface area contributed by atoms with E-state index in [2.05, 4.69) is 14.6 Å². The Morgan fingerprint density at radius 2 is 1.54 bits per heavy atom. The average Bonchev–Trinajstić information content (AvgIpc) is 2.55. The molecule has 11 nitrogen and oxygen atoms in total. The zero-order valence-corrected chi connectivity index (χ0v) is 15.0. The molecule has 0 aromatic heterocycles. The number of nitrogens with two attached hydrogens (primary N) is 2. The summed E-state index contributed by atoms with van der Waals surface area (Å²) in [5.74, 6) is -2.40. The number of rotatable bonds is 8. The Bertz CT molecular complexity index is 782. The van der Waals surface area contributed by atoms with Gasteiger partial charge in [0.05, 0.1) is 23.8 Å². The lowest BCUT2D eigenvalue weighted by atomic mass is 10.3. The monoisotopic (exact) mass is 385 g/mol. The second-order valence-corrected chi connectivity index (χ2v) is 6.21. The molecule has 0 fully saturated rings. The van der Waals surface area contributed by atoms with Crippen molar-refractivity contribution >= 4 is 33.6 Å².